The Balaban J connectivity index is 2.03. The van der Waals surface area contributed by atoms with Crippen molar-refractivity contribution >= 4 is 17.9 Å². The molecule has 2 atom stereocenters. The highest BCUT2D eigenvalue weighted by Crippen LogP contribution is 2.27. The molecule has 0 aromatic heterocycles. The summed E-state index contributed by atoms with van der Waals surface area (Å²) in [5.74, 6) is 1.68. The zero-order chi connectivity index (χ0) is 30.0. The second-order valence-electron chi connectivity index (χ2n) is 11.3. The van der Waals surface area contributed by atoms with Gasteiger partial charge in [0.15, 0.2) is 0 Å². The van der Waals surface area contributed by atoms with Crippen LogP contribution < -0.4 is 10.6 Å². The van der Waals surface area contributed by atoms with E-state index in [1.165, 1.54) is 17.0 Å². The first-order valence-electron chi connectivity index (χ1n) is 14.1. The Labute approximate surface area is 242 Å². The van der Waals surface area contributed by atoms with Crippen LogP contribution in [0.25, 0.3) is 0 Å². The fourth-order valence-corrected chi connectivity index (χ4v) is 5.04. The highest BCUT2D eigenvalue weighted by atomic mass is 16.6. The summed E-state index contributed by atoms with van der Waals surface area (Å²) in [4.78, 5) is 42.3. The van der Waals surface area contributed by atoms with Crippen molar-refractivity contribution in [2.45, 2.75) is 83.0 Å². The average molecular weight is 564 g/mol. The van der Waals surface area contributed by atoms with Crippen molar-refractivity contribution in [3.8, 4) is 18.1 Å². The zero-order valence-electron chi connectivity index (χ0n) is 24.1. The number of ether oxygens (including phenoxy) is 1. The van der Waals surface area contributed by atoms with Crippen molar-refractivity contribution in [1.82, 2.24) is 15.5 Å². The van der Waals surface area contributed by atoms with Gasteiger partial charge in [0.2, 0.25) is 11.8 Å². The van der Waals surface area contributed by atoms with Crippen LogP contribution in [0.15, 0.2) is 48.5 Å². The Bertz CT molecular complexity index is 1230. The molecule has 4 N–H and O–H groups in total. The van der Waals surface area contributed by atoms with Crippen LogP contribution in [0.5, 0.6) is 5.75 Å². The fraction of sp³-hybridized carbons (Fsp3) is 0.469. The molecule has 2 aromatic carbocycles. The molecular weight excluding hydrogens is 522 g/mol. The number of hydrogen-bond donors (Lipinski definition) is 4. The van der Waals surface area contributed by atoms with Crippen molar-refractivity contribution in [3.05, 3.63) is 65.2 Å². The van der Waals surface area contributed by atoms with Gasteiger partial charge in [-0.15, -0.1) is 6.42 Å². The van der Waals surface area contributed by atoms with E-state index in [1.54, 1.807) is 57.2 Å². The highest BCUT2D eigenvalue weighted by molar-refractivity contribution is 5.92. The number of hydrogen-bond acceptors (Lipinski definition) is 6. The number of benzene rings is 2. The number of carbonyl (C=O) groups is 3. The molecule has 9 heteroatoms. The molecule has 3 rings (SSSR count). The van der Waals surface area contributed by atoms with Gasteiger partial charge in [0, 0.05) is 24.6 Å². The number of carbonyl (C=O) groups excluding carboxylic acids is 3. The summed E-state index contributed by atoms with van der Waals surface area (Å²) < 4.78 is 5.43. The largest absolute Gasteiger partial charge is 0.508 e. The molecule has 0 saturated heterocycles. The van der Waals surface area contributed by atoms with Gasteiger partial charge in [0.1, 0.15) is 23.4 Å². The summed E-state index contributed by atoms with van der Waals surface area (Å²) in [6.07, 6.45) is 9.84. The molecule has 41 heavy (non-hydrogen) atoms. The van der Waals surface area contributed by atoms with Crippen molar-refractivity contribution in [2.24, 2.45) is 0 Å². The molecule has 1 saturated carbocycles. The molecule has 220 valence electrons. The van der Waals surface area contributed by atoms with Gasteiger partial charge in [-0.2, -0.15) is 0 Å². The summed E-state index contributed by atoms with van der Waals surface area (Å²) in [6, 6.07) is 10.8. The Morgan fingerprint density at radius 3 is 2.34 bits per heavy atom. The summed E-state index contributed by atoms with van der Waals surface area (Å²) in [5, 5.41) is 25.5. The first-order chi connectivity index (χ1) is 19.5. The monoisotopic (exact) mass is 563 g/mol. The Hall–Kier alpha value is -4.03. The van der Waals surface area contributed by atoms with Crippen LogP contribution in [0.2, 0.25) is 0 Å². The summed E-state index contributed by atoms with van der Waals surface area (Å²) in [5.41, 5.74) is 0.746. The summed E-state index contributed by atoms with van der Waals surface area (Å²) >= 11 is 0. The van der Waals surface area contributed by atoms with E-state index in [1.807, 2.05) is 0 Å². The molecule has 0 radical (unpaired) electrons. The molecule has 1 fully saturated rings. The van der Waals surface area contributed by atoms with Crippen LogP contribution in [0.3, 0.4) is 0 Å². The maximum Gasteiger partial charge on any atom is 0.408 e. The fourth-order valence-electron chi connectivity index (χ4n) is 5.04. The van der Waals surface area contributed by atoms with Crippen LogP contribution >= 0.6 is 0 Å². The average Bonchev–Trinajstić information content (AvgIpc) is 2.93. The quantitative estimate of drug-likeness (QED) is 0.326. The molecular formula is C32H41N3O6. The Morgan fingerprint density at radius 2 is 1.73 bits per heavy atom. The van der Waals surface area contributed by atoms with Gasteiger partial charge in [0.05, 0.1) is 6.61 Å². The number of nitrogens with zero attached hydrogens (tertiary/aromatic N) is 1. The lowest BCUT2D eigenvalue weighted by Gasteiger charge is -2.35. The predicted molar refractivity (Wildman–Crippen MR) is 156 cm³/mol. The molecule has 0 aliphatic heterocycles. The lowest BCUT2D eigenvalue weighted by molar-refractivity contribution is -0.143. The summed E-state index contributed by atoms with van der Waals surface area (Å²) in [7, 11) is 0. The van der Waals surface area contributed by atoms with Gasteiger partial charge < -0.3 is 30.5 Å². The minimum Gasteiger partial charge on any atom is -0.508 e. The predicted octanol–water partition coefficient (Wildman–Crippen LogP) is 3.82. The van der Waals surface area contributed by atoms with Crippen molar-refractivity contribution < 1.29 is 29.3 Å². The number of aliphatic hydroxyl groups is 1. The topological polar surface area (TPSA) is 128 Å². The van der Waals surface area contributed by atoms with Crippen LogP contribution in [0.4, 0.5) is 4.79 Å². The number of nitrogens with one attached hydrogen (secondary N) is 2. The van der Waals surface area contributed by atoms with E-state index >= 15 is 0 Å². The molecule has 0 spiro atoms. The minimum atomic E-state index is -1.15. The standard InChI is InChI=1S/C32H41N3O6/c1-5-23-11-9-10-14-26(23)28(29(38)33-24-12-7-6-8-13-24)35(19-20-36)30(39)27(34-31(40)41-32(2,3)4)21-22-15-17-25(37)18-16-22/h1,9-11,14-18,24,27-28,36-37H,6-8,12-13,19-21H2,2-4H3,(H,33,38)(H,34,40). The van der Waals surface area contributed by atoms with E-state index in [9.17, 15) is 24.6 Å². The highest BCUT2D eigenvalue weighted by Gasteiger charge is 2.37. The van der Waals surface area contributed by atoms with Crippen LogP contribution in [-0.4, -0.2) is 63.9 Å². The van der Waals surface area contributed by atoms with Crippen molar-refractivity contribution in [3.63, 3.8) is 0 Å². The van der Waals surface area contributed by atoms with Gasteiger partial charge >= 0.3 is 6.09 Å². The number of terminal acetylenes is 1. The van der Waals surface area contributed by atoms with E-state index in [4.69, 9.17) is 11.2 Å². The zero-order valence-corrected chi connectivity index (χ0v) is 24.1. The molecule has 2 aromatic rings. The second-order valence-corrected chi connectivity index (χ2v) is 11.3. The van der Waals surface area contributed by atoms with E-state index in [0.717, 1.165) is 32.1 Å². The number of rotatable bonds is 10. The maximum absolute atomic E-state index is 14.3. The third-order valence-electron chi connectivity index (χ3n) is 6.91. The molecule has 2 unspecified atom stereocenters. The van der Waals surface area contributed by atoms with E-state index in [0.29, 0.717) is 16.7 Å². The van der Waals surface area contributed by atoms with Crippen LogP contribution in [0, 0.1) is 12.3 Å². The van der Waals surface area contributed by atoms with E-state index in [2.05, 4.69) is 16.6 Å². The number of aliphatic hydroxyl groups excluding tert-OH is 1. The number of alkyl carbamates (subject to hydrolysis) is 1. The van der Waals surface area contributed by atoms with Crippen LogP contribution in [0.1, 0.15) is 75.6 Å². The molecule has 0 bridgehead atoms. The summed E-state index contributed by atoms with van der Waals surface area (Å²) in [6.45, 7) is 4.54. The minimum absolute atomic E-state index is 0.0319. The molecule has 1 aliphatic carbocycles. The first kappa shape index (κ1) is 31.5. The van der Waals surface area contributed by atoms with Gasteiger partial charge in [-0.05, 0) is 62.9 Å². The molecule has 0 heterocycles. The number of amides is 3. The maximum atomic E-state index is 14.3. The lowest BCUT2D eigenvalue weighted by Crippen LogP contribution is -2.55. The van der Waals surface area contributed by atoms with Gasteiger partial charge in [-0.25, -0.2) is 4.79 Å². The second kappa shape index (κ2) is 14.6. The number of phenols is 1. The lowest BCUT2D eigenvalue weighted by atomic mass is 9.93. The normalized spacial score (nSPS) is 15.2. The molecule has 3 amide bonds. The van der Waals surface area contributed by atoms with Gasteiger partial charge in [0.25, 0.3) is 0 Å². The van der Waals surface area contributed by atoms with Crippen molar-refractivity contribution in [1.29, 1.82) is 0 Å². The number of phenolic OH excluding ortho intramolecular Hbond substituents is 1. The van der Waals surface area contributed by atoms with Gasteiger partial charge in [-0.3, -0.25) is 9.59 Å². The van der Waals surface area contributed by atoms with E-state index < -0.39 is 42.2 Å². The van der Waals surface area contributed by atoms with Crippen molar-refractivity contribution in [2.75, 3.05) is 13.2 Å². The first-order valence-corrected chi connectivity index (χ1v) is 14.1. The third-order valence-corrected chi connectivity index (χ3v) is 6.91. The SMILES string of the molecule is C#Cc1ccccc1C(C(=O)NC1CCCCC1)N(CCO)C(=O)C(Cc1ccc(O)cc1)NC(=O)OC(C)(C)C. The Kier molecular flexibility index (Phi) is 11.2. The van der Waals surface area contributed by atoms with E-state index in [-0.39, 0.29) is 24.8 Å². The smallest absolute Gasteiger partial charge is 0.408 e. The molecule has 9 nitrogen and oxygen atoms in total. The third kappa shape index (κ3) is 9.25. The molecule has 1 aliphatic rings. The van der Waals surface area contributed by atoms with Crippen LogP contribution in [-0.2, 0) is 20.7 Å². The Morgan fingerprint density at radius 1 is 1.07 bits per heavy atom. The number of aromatic hydroxyl groups is 1. The van der Waals surface area contributed by atoms with Gasteiger partial charge in [-0.1, -0.05) is 55.5 Å².